The highest BCUT2D eigenvalue weighted by molar-refractivity contribution is 6.07. The van der Waals surface area contributed by atoms with Gasteiger partial charge >= 0.3 is 0 Å². The van der Waals surface area contributed by atoms with Gasteiger partial charge in [0.25, 0.3) is 11.8 Å². The molecule has 5 heteroatoms. The molecule has 2 heterocycles. The monoisotopic (exact) mass is 272 g/mol. The number of piperidine rings is 1. The van der Waals surface area contributed by atoms with Gasteiger partial charge in [0.05, 0.1) is 0 Å². The lowest BCUT2D eigenvalue weighted by molar-refractivity contribution is -0.155. The van der Waals surface area contributed by atoms with Crippen LogP contribution in [-0.2, 0) is 16.1 Å². The molecule has 0 spiro atoms. The number of hydrogen-bond donors (Lipinski definition) is 0. The normalized spacial score (nSPS) is 26.2. The first kappa shape index (κ1) is 12.8. The Labute approximate surface area is 117 Å². The van der Waals surface area contributed by atoms with Crippen molar-refractivity contribution in [2.24, 2.45) is 0 Å². The Balaban J connectivity index is 1.97. The Bertz CT molecular complexity index is 625. The molecule has 1 aromatic rings. The van der Waals surface area contributed by atoms with Crippen molar-refractivity contribution in [2.75, 3.05) is 7.05 Å². The van der Waals surface area contributed by atoms with Crippen LogP contribution in [0.25, 0.3) is 0 Å². The molecule has 1 fully saturated rings. The van der Waals surface area contributed by atoms with Gasteiger partial charge in [0.1, 0.15) is 5.54 Å². The van der Waals surface area contributed by atoms with E-state index in [2.05, 4.69) is 0 Å². The van der Waals surface area contributed by atoms with Gasteiger partial charge in [-0.2, -0.15) is 0 Å². The van der Waals surface area contributed by atoms with E-state index in [0.29, 0.717) is 24.9 Å². The molecule has 5 nitrogen and oxygen atoms in total. The summed E-state index contributed by atoms with van der Waals surface area (Å²) in [6.07, 6.45) is 0.674. The van der Waals surface area contributed by atoms with Crippen LogP contribution in [-0.4, -0.2) is 40.1 Å². The van der Waals surface area contributed by atoms with Crippen molar-refractivity contribution in [3.63, 3.8) is 0 Å². The topological polar surface area (TPSA) is 57.7 Å². The third-order valence-corrected chi connectivity index (χ3v) is 4.38. The predicted molar refractivity (Wildman–Crippen MR) is 71.7 cm³/mol. The van der Waals surface area contributed by atoms with E-state index < -0.39 is 5.54 Å². The molecule has 2 aliphatic heterocycles. The van der Waals surface area contributed by atoms with Crippen molar-refractivity contribution < 1.29 is 14.4 Å². The molecule has 2 aliphatic rings. The minimum atomic E-state index is -0.932. The van der Waals surface area contributed by atoms with Crippen LogP contribution in [0.4, 0.5) is 0 Å². The highest BCUT2D eigenvalue weighted by Crippen LogP contribution is 2.35. The zero-order valence-electron chi connectivity index (χ0n) is 11.5. The molecule has 3 rings (SSSR count). The molecule has 0 N–H and O–H groups in total. The largest absolute Gasteiger partial charge is 0.320 e. The third-order valence-electron chi connectivity index (χ3n) is 4.38. The fourth-order valence-electron chi connectivity index (χ4n) is 3.00. The molecule has 3 amide bonds. The van der Waals surface area contributed by atoms with Crippen LogP contribution in [0.15, 0.2) is 24.3 Å². The van der Waals surface area contributed by atoms with E-state index in [-0.39, 0.29) is 17.7 Å². The molecule has 104 valence electrons. The number of carbonyl (C=O) groups excluding carboxylic acids is 3. The van der Waals surface area contributed by atoms with Crippen molar-refractivity contribution in [3.05, 3.63) is 35.4 Å². The molecule has 0 aromatic heterocycles. The Kier molecular flexibility index (Phi) is 2.67. The zero-order chi connectivity index (χ0) is 14.5. The molecule has 0 radical (unpaired) electrons. The van der Waals surface area contributed by atoms with E-state index in [4.69, 9.17) is 0 Å². The van der Waals surface area contributed by atoms with Crippen LogP contribution in [0, 0.1) is 0 Å². The molecule has 0 bridgehead atoms. The number of amides is 3. The van der Waals surface area contributed by atoms with Crippen molar-refractivity contribution in [3.8, 4) is 0 Å². The summed E-state index contributed by atoms with van der Waals surface area (Å²) in [4.78, 5) is 39.3. The summed E-state index contributed by atoms with van der Waals surface area (Å²) >= 11 is 0. The molecule has 1 saturated heterocycles. The SMILES string of the molecule is CN1C(=O)CCC(C)(N2Cc3ccccc3C2=O)C1=O. The maximum absolute atomic E-state index is 12.5. The second-order valence-corrected chi connectivity index (χ2v) is 5.58. The van der Waals surface area contributed by atoms with Crippen molar-refractivity contribution in [1.82, 2.24) is 9.80 Å². The Morgan fingerprint density at radius 3 is 2.55 bits per heavy atom. The number of likely N-dealkylation sites (N-methyl/N-ethyl adjacent to an activating group) is 1. The number of imide groups is 1. The van der Waals surface area contributed by atoms with E-state index in [1.165, 1.54) is 7.05 Å². The Morgan fingerprint density at radius 1 is 1.15 bits per heavy atom. The number of benzene rings is 1. The first-order chi connectivity index (χ1) is 9.45. The quantitative estimate of drug-likeness (QED) is 0.721. The minimum absolute atomic E-state index is 0.126. The molecule has 1 atom stereocenters. The number of rotatable bonds is 1. The van der Waals surface area contributed by atoms with E-state index >= 15 is 0 Å². The smallest absolute Gasteiger partial charge is 0.255 e. The van der Waals surface area contributed by atoms with Crippen LogP contribution >= 0.6 is 0 Å². The van der Waals surface area contributed by atoms with Gasteiger partial charge < -0.3 is 4.90 Å². The summed E-state index contributed by atoms with van der Waals surface area (Å²) in [6.45, 7) is 2.18. The highest BCUT2D eigenvalue weighted by atomic mass is 16.2. The van der Waals surface area contributed by atoms with Crippen LogP contribution < -0.4 is 0 Å². The standard InChI is InChI=1S/C15H16N2O3/c1-15(8-7-12(18)16(2)14(15)20)17-9-10-5-3-4-6-11(10)13(17)19/h3-6H,7-9H2,1-2H3. The number of nitrogens with zero attached hydrogens (tertiary/aromatic N) is 2. The summed E-state index contributed by atoms with van der Waals surface area (Å²) < 4.78 is 0. The lowest BCUT2D eigenvalue weighted by Gasteiger charge is -2.42. The van der Waals surface area contributed by atoms with E-state index in [1.807, 2.05) is 18.2 Å². The summed E-state index contributed by atoms with van der Waals surface area (Å²) in [7, 11) is 1.48. The summed E-state index contributed by atoms with van der Waals surface area (Å²) in [5.41, 5.74) is 0.658. The number of fused-ring (bicyclic) bond motifs is 1. The zero-order valence-corrected chi connectivity index (χ0v) is 11.5. The molecule has 20 heavy (non-hydrogen) atoms. The van der Waals surface area contributed by atoms with Crippen molar-refractivity contribution in [2.45, 2.75) is 31.8 Å². The fraction of sp³-hybridized carbons (Fsp3) is 0.400. The number of likely N-dealkylation sites (tertiary alicyclic amines) is 1. The lowest BCUT2D eigenvalue weighted by Crippen LogP contribution is -2.61. The van der Waals surface area contributed by atoms with E-state index in [1.54, 1.807) is 17.9 Å². The number of carbonyl (C=O) groups is 3. The molecule has 0 aliphatic carbocycles. The maximum Gasteiger partial charge on any atom is 0.255 e. The predicted octanol–water partition coefficient (Wildman–Crippen LogP) is 1.18. The van der Waals surface area contributed by atoms with Crippen LogP contribution in [0.2, 0.25) is 0 Å². The molecular formula is C15H16N2O3. The Morgan fingerprint density at radius 2 is 1.85 bits per heavy atom. The van der Waals surface area contributed by atoms with Gasteiger partial charge in [0.2, 0.25) is 5.91 Å². The Hall–Kier alpha value is -2.17. The summed E-state index contributed by atoms with van der Waals surface area (Å²) in [5, 5.41) is 0. The van der Waals surface area contributed by atoms with Crippen molar-refractivity contribution in [1.29, 1.82) is 0 Å². The van der Waals surface area contributed by atoms with Gasteiger partial charge in [0.15, 0.2) is 0 Å². The molecule has 1 unspecified atom stereocenters. The average Bonchev–Trinajstić information content (AvgIpc) is 2.80. The van der Waals surface area contributed by atoms with Crippen LogP contribution in [0.3, 0.4) is 0 Å². The van der Waals surface area contributed by atoms with E-state index in [0.717, 1.165) is 10.5 Å². The minimum Gasteiger partial charge on any atom is -0.320 e. The van der Waals surface area contributed by atoms with Gasteiger partial charge in [-0.05, 0) is 25.0 Å². The van der Waals surface area contributed by atoms with Gasteiger partial charge in [0, 0.05) is 25.6 Å². The maximum atomic E-state index is 12.5. The first-order valence-electron chi connectivity index (χ1n) is 6.66. The van der Waals surface area contributed by atoms with Crippen LogP contribution in [0.1, 0.15) is 35.7 Å². The summed E-state index contributed by atoms with van der Waals surface area (Å²) in [6, 6.07) is 7.39. The highest BCUT2D eigenvalue weighted by Gasteiger charge is 2.50. The molecular weight excluding hydrogens is 256 g/mol. The second-order valence-electron chi connectivity index (χ2n) is 5.58. The number of hydrogen-bond acceptors (Lipinski definition) is 3. The average molecular weight is 272 g/mol. The van der Waals surface area contributed by atoms with Crippen LogP contribution in [0.5, 0.6) is 0 Å². The van der Waals surface area contributed by atoms with Gasteiger partial charge in [-0.25, -0.2) is 0 Å². The molecule has 0 saturated carbocycles. The van der Waals surface area contributed by atoms with Gasteiger partial charge in [-0.15, -0.1) is 0 Å². The van der Waals surface area contributed by atoms with E-state index in [9.17, 15) is 14.4 Å². The second kappa shape index (κ2) is 4.16. The van der Waals surface area contributed by atoms with Crippen molar-refractivity contribution >= 4 is 17.7 Å². The summed E-state index contributed by atoms with van der Waals surface area (Å²) in [5.74, 6) is -0.606. The molecule has 1 aromatic carbocycles. The third kappa shape index (κ3) is 1.59. The fourth-order valence-corrected chi connectivity index (χ4v) is 3.00. The van der Waals surface area contributed by atoms with Gasteiger partial charge in [-0.1, -0.05) is 18.2 Å². The first-order valence-corrected chi connectivity index (χ1v) is 6.66. The lowest BCUT2D eigenvalue weighted by atomic mass is 9.88. The van der Waals surface area contributed by atoms with Gasteiger partial charge in [-0.3, -0.25) is 19.3 Å².